The number of nitrogens with zero attached hydrogens (tertiary/aromatic N) is 1. The van der Waals surface area contributed by atoms with Crippen LogP contribution in [0, 0.1) is 6.92 Å². The number of ether oxygens (including phenoxy) is 1. The van der Waals surface area contributed by atoms with Crippen LogP contribution in [0.2, 0.25) is 0 Å². The molecule has 2 aromatic carbocycles. The van der Waals surface area contributed by atoms with Gasteiger partial charge in [0, 0.05) is 11.8 Å². The fraction of sp³-hybridized carbons (Fsp3) is 0.105. The van der Waals surface area contributed by atoms with E-state index in [1.807, 2.05) is 24.3 Å². The highest BCUT2D eigenvalue weighted by atomic mass is 32.2. The first-order chi connectivity index (χ1) is 12.5. The van der Waals surface area contributed by atoms with E-state index in [1.54, 1.807) is 50.4 Å². The molecule has 0 aliphatic rings. The number of hydrogen-bond donors (Lipinski definition) is 2. The van der Waals surface area contributed by atoms with Crippen molar-refractivity contribution >= 4 is 27.2 Å². The molecule has 26 heavy (non-hydrogen) atoms. The highest BCUT2D eigenvalue weighted by Gasteiger charge is 2.16. The summed E-state index contributed by atoms with van der Waals surface area (Å²) in [4.78, 5) is 4.50. The first-order valence-corrected chi connectivity index (χ1v) is 9.42. The minimum atomic E-state index is -3.65. The summed E-state index contributed by atoms with van der Waals surface area (Å²) in [6.45, 7) is 1.76. The van der Waals surface area contributed by atoms with Gasteiger partial charge in [0.2, 0.25) is 0 Å². The minimum Gasteiger partial charge on any atom is -0.497 e. The van der Waals surface area contributed by atoms with Gasteiger partial charge >= 0.3 is 0 Å². The van der Waals surface area contributed by atoms with Gasteiger partial charge in [-0.3, -0.25) is 4.72 Å². The van der Waals surface area contributed by atoms with Crippen molar-refractivity contribution in [1.29, 1.82) is 0 Å². The predicted octanol–water partition coefficient (Wildman–Crippen LogP) is 3.94. The number of nitrogens with one attached hydrogen (secondary N) is 2. The van der Waals surface area contributed by atoms with E-state index in [1.165, 1.54) is 6.20 Å². The summed E-state index contributed by atoms with van der Waals surface area (Å²) in [5.41, 5.74) is 1.90. The molecule has 0 aliphatic carbocycles. The molecule has 7 heteroatoms. The van der Waals surface area contributed by atoms with Crippen LogP contribution in [0.3, 0.4) is 0 Å². The van der Waals surface area contributed by atoms with Gasteiger partial charge < -0.3 is 10.1 Å². The third-order valence-electron chi connectivity index (χ3n) is 3.74. The van der Waals surface area contributed by atoms with Gasteiger partial charge in [-0.25, -0.2) is 13.4 Å². The monoisotopic (exact) mass is 369 g/mol. The van der Waals surface area contributed by atoms with Crippen LogP contribution in [0.4, 0.5) is 17.2 Å². The Balaban J connectivity index is 1.74. The summed E-state index contributed by atoms with van der Waals surface area (Å²) in [5.74, 6) is 1.33. The van der Waals surface area contributed by atoms with E-state index in [-0.39, 0.29) is 4.90 Å². The van der Waals surface area contributed by atoms with Crippen molar-refractivity contribution in [3.05, 3.63) is 72.4 Å². The maximum Gasteiger partial charge on any atom is 0.262 e. The highest BCUT2D eigenvalue weighted by molar-refractivity contribution is 7.92. The van der Waals surface area contributed by atoms with Gasteiger partial charge in [-0.15, -0.1) is 0 Å². The third kappa shape index (κ3) is 4.12. The summed E-state index contributed by atoms with van der Waals surface area (Å²) in [7, 11) is -2.05. The summed E-state index contributed by atoms with van der Waals surface area (Å²) in [6, 6.07) is 17.6. The molecule has 0 unspecified atom stereocenters. The predicted molar refractivity (Wildman–Crippen MR) is 103 cm³/mol. The molecule has 1 aromatic heterocycles. The molecule has 134 valence electrons. The molecule has 0 radical (unpaired) electrons. The number of rotatable bonds is 6. The van der Waals surface area contributed by atoms with Crippen molar-refractivity contribution in [2.24, 2.45) is 0 Å². The second-order valence-electron chi connectivity index (χ2n) is 5.66. The van der Waals surface area contributed by atoms with Gasteiger partial charge in [0.25, 0.3) is 10.0 Å². The molecule has 0 atom stereocenters. The fourth-order valence-electron chi connectivity index (χ4n) is 2.44. The van der Waals surface area contributed by atoms with E-state index >= 15 is 0 Å². The Labute approximate surface area is 152 Å². The minimum absolute atomic E-state index is 0.249. The van der Waals surface area contributed by atoms with Crippen LogP contribution < -0.4 is 14.8 Å². The topological polar surface area (TPSA) is 80.3 Å². The molecule has 0 spiro atoms. The standard InChI is InChI=1S/C19H19N3O3S/c1-14-6-3-4-9-18(14)26(23,24)22-16-10-11-19(20-13-16)21-15-7-5-8-17(12-15)25-2/h3-13,22H,1-2H3,(H,20,21). The SMILES string of the molecule is COc1cccc(Nc2ccc(NS(=O)(=O)c3ccccc3C)cn2)c1. The van der Waals surface area contributed by atoms with Gasteiger partial charge in [0.05, 0.1) is 23.9 Å². The number of methoxy groups -OCH3 is 1. The molecule has 2 N–H and O–H groups in total. The molecule has 0 fully saturated rings. The smallest absolute Gasteiger partial charge is 0.262 e. The van der Waals surface area contributed by atoms with Crippen LogP contribution in [-0.2, 0) is 10.0 Å². The molecule has 3 rings (SSSR count). The molecular weight excluding hydrogens is 350 g/mol. The maximum absolute atomic E-state index is 12.5. The van der Waals surface area contributed by atoms with E-state index in [4.69, 9.17) is 4.74 Å². The number of benzene rings is 2. The molecule has 0 aliphatic heterocycles. The van der Waals surface area contributed by atoms with Crippen molar-refractivity contribution in [3.63, 3.8) is 0 Å². The molecule has 0 saturated heterocycles. The number of anilines is 3. The first kappa shape index (κ1) is 17.8. The summed E-state index contributed by atoms with van der Waals surface area (Å²) < 4.78 is 32.7. The molecule has 0 bridgehead atoms. The van der Waals surface area contributed by atoms with E-state index in [0.29, 0.717) is 17.1 Å². The molecular formula is C19H19N3O3S. The zero-order valence-electron chi connectivity index (χ0n) is 14.4. The largest absolute Gasteiger partial charge is 0.497 e. The lowest BCUT2D eigenvalue weighted by Crippen LogP contribution is -2.14. The van der Waals surface area contributed by atoms with Gasteiger partial charge in [0.15, 0.2) is 0 Å². The van der Waals surface area contributed by atoms with Crippen molar-refractivity contribution in [2.45, 2.75) is 11.8 Å². The third-order valence-corrected chi connectivity index (χ3v) is 5.28. The van der Waals surface area contributed by atoms with E-state index < -0.39 is 10.0 Å². The van der Waals surface area contributed by atoms with Crippen molar-refractivity contribution < 1.29 is 13.2 Å². The Morgan fingerprint density at radius 1 is 0.962 bits per heavy atom. The number of pyridine rings is 1. The summed E-state index contributed by atoms with van der Waals surface area (Å²) >= 11 is 0. The number of aryl methyl sites for hydroxylation is 1. The number of aromatic nitrogens is 1. The van der Waals surface area contributed by atoms with Crippen molar-refractivity contribution in [3.8, 4) is 5.75 Å². The fourth-order valence-corrected chi connectivity index (χ4v) is 3.74. The highest BCUT2D eigenvalue weighted by Crippen LogP contribution is 2.22. The lowest BCUT2D eigenvalue weighted by atomic mass is 10.2. The molecule has 3 aromatic rings. The van der Waals surface area contributed by atoms with E-state index in [2.05, 4.69) is 15.0 Å². The van der Waals surface area contributed by atoms with Gasteiger partial charge in [-0.05, 0) is 42.8 Å². The number of sulfonamides is 1. The number of hydrogen-bond acceptors (Lipinski definition) is 5. The Morgan fingerprint density at radius 3 is 2.46 bits per heavy atom. The second kappa shape index (κ2) is 7.45. The second-order valence-corrected chi connectivity index (χ2v) is 7.31. The molecule has 6 nitrogen and oxygen atoms in total. The zero-order chi connectivity index (χ0) is 18.6. The average Bonchev–Trinajstić information content (AvgIpc) is 2.63. The molecule has 0 saturated carbocycles. The summed E-state index contributed by atoms with van der Waals surface area (Å²) in [6.07, 6.45) is 1.47. The molecule has 0 amide bonds. The van der Waals surface area contributed by atoms with Crippen LogP contribution in [0.25, 0.3) is 0 Å². The van der Waals surface area contributed by atoms with E-state index in [9.17, 15) is 8.42 Å². The Hall–Kier alpha value is -3.06. The van der Waals surface area contributed by atoms with Crippen molar-refractivity contribution in [2.75, 3.05) is 17.1 Å². The molecule has 1 heterocycles. The van der Waals surface area contributed by atoms with Crippen LogP contribution >= 0.6 is 0 Å². The quantitative estimate of drug-likeness (QED) is 0.688. The van der Waals surface area contributed by atoms with Gasteiger partial charge in [0.1, 0.15) is 11.6 Å². The van der Waals surface area contributed by atoms with E-state index in [0.717, 1.165) is 11.4 Å². The lowest BCUT2D eigenvalue weighted by molar-refractivity contribution is 0.415. The Morgan fingerprint density at radius 2 is 1.77 bits per heavy atom. The Kier molecular flexibility index (Phi) is 5.09. The normalized spacial score (nSPS) is 11.0. The van der Waals surface area contributed by atoms with Crippen LogP contribution in [0.1, 0.15) is 5.56 Å². The van der Waals surface area contributed by atoms with Gasteiger partial charge in [-0.2, -0.15) is 0 Å². The summed E-state index contributed by atoms with van der Waals surface area (Å²) in [5, 5.41) is 3.14. The zero-order valence-corrected chi connectivity index (χ0v) is 15.2. The van der Waals surface area contributed by atoms with Crippen molar-refractivity contribution in [1.82, 2.24) is 4.98 Å². The average molecular weight is 369 g/mol. The van der Waals surface area contributed by atoms with Crippen LogP contribution in [0.5, 0.6) is 5.75 Å². The van der Waals surface area contributed by atoms with Gasteiger partial charge in [-0.1, -0.05) is 24.3 Å². The maximum atomic E-state index is 12.5. The van der Waals surface area contributed by atoms with Crippen LogP contribution in [0.15, 0.2) is 71.8 Å². The first-order valence-electron chi connectivity index (χ1n) is 7.93. The Bertz CT molecular complexity index is 1000. The van der Waals surface area contributed by atoms with Crippen LogP contribution in [-0.4, -0.2) is 20.5 Å². The lowest BCUT2D eigenvalue weighted by Gasteiger charge is -2.11.